The molecule has 5 nitrogen and oxygen atoms in total. The van der Waals surface area contributed by atoms with Crippen LogP contribution in [0.3, 0.4) is 0 Å². The standard InChI is InChI=1S/C19H30N2O3/c1-14(2)21(15(3)4)18(16(5)22)11-12-20-19(23)24-13-17-9-7-6-8-10-17/h6-10,14-15,18H,11-13H2,1-5H3,(H,20,23)/t18-/m1/s1. The third-order valence-corrected chi connectivity index (χ3v) is 3.92. The van der Waals surface area contributed by atoms with Crippen LogP contribution in [-0.4, -0.2) is 41.4 Å². The first-order chi connectivity index (χ1) is 11.3. The zero-order chi connectivity index (χ0) is 18.1. The van der Waals surface area contributed by atoms with Crippen molar-refractivity contribution in [2.24, 2.45) is 0 Å². The van der Waals surface area contributed by atoms with Crippen LogP contribution in [0, 0.1) is 0 Å². The molecule has 0 spiro atoms. The number of carbonyl (C=O) groups is 2. The molecule has 1 rings (SSSR count). The summed E-state index contributed by atoms with van der Waals surface area (Å²) in [6.45, 7) is 10.6. The smallest absolute Gasteiger partial charge is 0.407 e. The van der Waals surface area contributed by atoms with Crippen molar-refractivity contribution >= 4 is 11.9 Å². The average Bonchev–Trinajstić information content (AvgIpc) is 2.52. The van der Waals surface area contributed by atoms with E-state index in [2.05, 4.69) is 37.9 Å². The first kappa shape index (κ1) is 20.2. The first-order valence-electron chi connectivity index (χ1n) is 8.55. The van der Waals surface area contributed by atoms with Gasteiger partial charge >= 0.3 is 6.09 Å². The third-order valence-electron chi connectivity index (χ3n) is 3.92. The number of carbonyl (C=O) groups excluding carboxylic acids is 2. The predicted octanol–water partition coefficient (Wildman–Crippen LogP) is 3.38. The fourth-order valence-electron chi connectivity index (χ4n) is 2.96. The van der Waals surface area contributed by atoms with Crippen molar-refractivity contribution in [2.75, 3.05) is 6.54 Å². The summed E-state index contributed by atoms with van der Waals surface area (Å²) in [6, 6.07) is 9.87. The molecule has 0 aliphatic heterocycles. The van der Waals surface area contributed by atoms with Gasteiger partial charge in [0, 0.05) is 18.6 Å². The number of hydrogen-bond acceptors (Lipinski definition) is 4. The number of Topliss-reactive ketones (excluding diaryl/α,β-unsaturated/α-hetero) is 1. The summed E-state index contributed by atoms with van der Waals surface area (Å²) in [5, 5.41) is 2.73. The fraction of sp³-hybridized carbons (Fsp3) is 0.579. The number of rotatable bonds is 9. The quantitative estimate of drug-likeness (QED) is 0.752. The molecular weight excluding hydrogens is 304 g/mol. The molecule has 24 heavy (non-hydrogen) atoms. The Balaban J connectivity index is 2.44. The van der Waals surface area contributed by atoms with Gasteiger partial charge in [-0.3, -0.25) is 9.69 Å². The van der Waals surface area contributed by atoms with Gasteiger partial charge in [-0.1, -0.05) is 30.3 Å². The number of ketones is 1. The normalized spacial score (nSPS) is 12.5. The van der Waals surface area contributed by atoms with Crippen LogP contribution >= 0.6 is 0 Å². The van der Waals surface area contributed by atoms with Crippen LogP contribution in [0.5, 0.6) is 0 Å². The van der Waals surface area contributed by atoms with Gasteiger partial charge in [0.15, 0.2) is 0 Å². The molecule has 0 fully saturated rings. The first-order valence-corrected chi connectivity index (χ1v) is 8.55. The second-order valence-electron chi connectivity index (χ2n) is 6.54. The van der Waals surface area contributed by atoms with E-state index in [1.807, 2.05) is 30.3 Å². The highest BCUT2D eigenvalue weighted by atomic mass is 16.5. The zero-order valence-electron chi connectivity index (χ0n) is 15.4. The number of nitrogens with zero attached hydrogens (tertiary/aromatic N) is 1. The van der Waals surface area contributed by atoms with Crippen molar-refractivity contribution in [3.05, 3.63) is 35.9 Å². The van der Waals surface area contributed by atoms with Gasteiger partial charge < -0.3 is 10.1 Å². The lowest BCUT2D eigenvalue weighted by Gasteiger charge is -2.36. The van der Waals surface area contributed by atoms with Crippen molar-refractivity contribution in [1.82, 2.24) is 10.2 Å². The molecule has 0 bridgehead atoms. The maximum absolute atomic E-state index is 12.0. The van der Waals surface area contributed by atoms with Crippen LogP contribution in [0.25, 0.3) is 0 Å². The molecule has 0 aliphatic carbocycles. The molecule has 0 radical (unpaired) electrons. The average molecular weight is 334 g/mol. The van der Waals surface area contributed by atoms with E-state index in [9.17, 15) is 9.59 Å². The maximum Gasteiger partial charge on any atom is 0.407 e. The molecule has 1 aromatic carbocycles. The summed E-state index contributed by atoms with van der Waals surface area (Å²) in [6.07, 6.45) is 0.119. The van der Waals surface area contributed by atoms with Gasteiger partial charge in [0.25, 0.3) is 0 Å². The highest BCUT2D eigenvalue weighted by Crippen LogP contribution is 2.14. The van der Waals surface area contributed by atoms with Crippen LogP contribution in [0.4, 0.5) is 4.79 Å². The van der Waals surface area contributed by atoms with Crippen LogP contribution < -0.4 is 5.32 Å². The molecule has 0 heterocycles. The summed E-state index contributed by atoms with van der Waals surface area (Å²) in [7, 11) is 0. The van der Waals surface area contributed by atoms with Gasteiger partial charge in [0.2, 0.25) is 0 Å². The van der Waals surface area contributed by atoms with Gasteiger partial charge in [-0.15, -0.1) is 0 Å². The molecule has 1 N–H and O–H groups in total. The summed E-state index contributed by atoms with van der Waals surface area (Å²) in [5.74, 6) is 0.122. The van der Waals surface area contributed by atoms with Gasteiger partial charge in [-0.25, -0.2) is 4.79 Å². The minimum Gasteiger partial charge on any atom is -0.445 e. The van der Waals surface area contributed by atoms with E-state index in [0.29, 0.717) is 13.0 Å². The fourth-order valence-corrected chi connectivity index (χ4v) is 2.96. The Morgan fingerprint density at radius 1 is 1.08 bits per heavy atom. The van der Waals surface area contributed by atoms with Crippen molar-refractivity contribution in [1.29, 1.82) is 0 Å². The Morgan fingerprint density at radius 2 is 1.67 bits per heavy atom. The van der Waals surface area contributed by atoms with Crippen LogP contribution in [0.15, 0.2) is 30.3 Å². The second-order valence-corrected chi connectivity index (χ2v) is 6.54. The molecule has 1 aromatic rings. The molecule has 1 amide bonds. The van der Waals surface area contributed by atoms with E-state index in [1.54, 1.807) is 6.92 Å². The van der Waals surface area contributed by atoms with Crippen LogP contribution in [-0.2, 0) is 16.1 Å². The molecule has 0 saturated carbocycles. The number of nitrogens with one attached hydrogen (secondary N) is 1. The van der Waals surface area contributed by atoms with Gasteiger partial charge in [0.1, 0.15) is 12.4 Å². The Kier molecular flexibility index (Phi) is 8.47. The lowest BCUT2D eigenvalue weighted by atomic mass is 10.0. The molecule has 0 aromatic heterocycles. The van der Waals surface area contributed by atoms with E-state index in [4.69, 9.17) is 4.74 Å². The topological polar surface area (TPSA) is 58.6 Å². The van der Waals surface area contributed by atoms with Gasteiger partial charge in [0.05, 0.1) is 6.04 Å². The largest absolute Gasteiger partial charge is 0.445 e. The van der Waals surface area contributed by atoms with E-state index < -0.39 is 6.09 Å². The molecule has 0 aliphatic rings. The van der Waals surface area contributed by atoms with Gasteiger partial charge in [-0.05, 0) is 46.6 Å². The number of hydrogen-bond donors (Lipinski definition) is 1. The maximum atomic E-state index is 12.0. The third kappa shape index (κ3) is 6.71. The van der Waals surface area contributed by atoms with E-state index in [1.165, 1.54) is 0 Å². The zero-order valence-corrected chi connectivity index (χ0v) is 15.4. The van der Waals surface area contributed by atoms with Crippen molar-refractivity contribution in [3.8, 4) is 0 Å². The minimum atomic E-state index is -0.457. The van der Waals surface area contributed by atoms with E-state index in [-0.39, 0.29) is 30.5 Å². The summed E-state index contributed by atoms with van der Waals surface area (Å²) in [5.41, 5.74) is 0.944. The summed E-state index contributed by atoms with van der Waals surface area (Å²) in [4.78, 5) is 25.9. The van der Waals surface area contributed by atoms with Gasteiger partial charge in [-0.2, -0.15) is 0 Å². The molecular formula is C19H30N2O3. The highest BCUT2D eigenvalue weighted by Gasteiger charge is 2.27. The van der Waals surface area contributed by atoms with E-state index in [0.717, 1.165) is 5.56 Å². The lowest BCUT2D eigenvalue weighted by Crippen LogP contribution is -2.49. The lowest BCUT2D eigenvalue weighted by molar-refractivity contribution is -0.124. The van der Waals surface area contributed by atoms with E-state index >= 15 is 0 Å². The monoisotopic (exact) mass is 334 g/mol. The molecule has 0 unspecified atom stereocenters. The number of ether oxygens (including phenoxy) is 1. The Labute approximate surface area is 145 Å². The molecule has 134 valence electrons. The van der Waals surface area contributed by atoms with Crippen LogP contribution in [0.2, 0.25) is 0 Å². The molecule has 0 saturated heterocycles. The second kappa shape index (κ2) is 10.1. The number of alkyl carbamates (subject to hydrolysis) is 1. The Hall–Kier alpha value is -1.88. The Morgan fingerprint density at radius 3 is 2.17 bits per heavy atom. The molecule has 5 heteroatoms. The SMILES string of the molecule is CC(=O)[C@@H](CCNC(=O)OCc1ccccc1)N(C(C)C)C(C)C. The van der Waals surface area contributed by atoms with Crippen molar-refractivity contribution in [2.45, 2.75) is 65.8 Å². The molecule has 1 atom stereocenters. The van der Waals surface area contributed by atoms with Crippen LogP contribution in [0.1, 0.15) is 46.6 Å². The minimum absolute atomic E-state index is 0.122. The van der Waals surface area contributed by atoms with Crippen molar-refractivity contribution < 1.29 is 14.3 Å². The summed E-state index contributed by atoms with van der Waals surface area (Å²) >= 11 is 0. The highest BCUT2D eigenvalue weighted by molar-refractivity contribution is 5.81. The predicted molar refractivity (Wildman–Crippen MR) is 95.8 cm³/mol. The van der Waals surface area contributed by atoms with Crippen molar-refractivity contribution in [3.63, 3.8) is 0 Å². The number of benzene rings is 1. The summed E-state index contributed by atoms with van der Waals surface area (Å²) < 4.78 is 5.18. The number of amides is 1. The Bertz CT molecular complexity index is 507.